The minimum Gasteiger partial charge on any atom is -0.454 e. The van der Waals surface area contributed by atoms with Gasteiger partial charge in [-0.05, 0) is 97.6 Å². The van der Waals surface area contributed by atoms with Crippen molar-refractivity contribution in [1.29, 1.82) is 0 Å². The maximum Gasteiger partial charge on any atom is 0.159 e. The van der Waals surface area contributed by atoms with Gasteiger partial charge in [-0.2, -0.15) is 0 Å². The maximum atomic E-state index is 6.75. The average molecular weight is 756 g/mol. The molecule has 10 aromatic rings. The summed E-state index contributed by atoms with van der Waals surface area (Å²) in [6.45, 7) is 4.74. The average Bonchev–Trinajstić information content (AvgIpc) is 3.79. The first kappa shape index (κ1) is 34.8. The first-order valence-corrected chi connectivity index (χ1v) is 20.4. The number of hydrogen-bond acceptors (Lipinski definition) is 2. The highest BCUT2D eigenvalue weighted by Gasteiger charge is 2.36. The monoisotopic (exact) mass is 755 g/mol. The molecule has 0 atom stereocenters. The molecule has 0 radical (unpaired) electrons. The third kappa shape index (κ3) is 5.87. The van der Waals surface area contributed by atoms with E-state index in [4.69, 9.17) is 4.42 Å². The first-order chi connectivity index (χ1) is 29.0. The Kier molecular flexibility index (Phi) is 8.20. The van der Waals surface area contributed by atoms with Crippen molar-refractivity contribution < 1.29 is 4.42 Å². The van der Waals surface area contributed by atoms with Crippen molar-refractivity contribution in [2.45, 2.75) is 19.3 Å². The molecule has 59 heavy (non-hydrogen) atoms. The Labute approximate surface area is 345 Å². The molecule has 0 bridgehead atoms. The molecule has 0 saturated carbocycles. The molecule has 2 nitrogen and oxygen atoms in total. The van der Waals surface area contributed by atoms with Crippen LogP contribution in [0.5, 0.6) is 0 Å². The summed E-state index contributed by atoms with van der Waals surface area (Å²) in [6.07, 6.45) is 0. The highest BCUT2D eigenvalue weighted by Crippen LogP contribution is 2.53. The minimum absolute atomic E-state index is 0.232. The van der Waals surface area contributed by atoms with Crippen LogP contribution in [-0.2, 0) is 5.41 Å². The van der Waals surface area contributed by atoms with Crippen LogP contribution in [-0.4, -0.2) is 0 Å². The molecule has 2 heteroatoms. The number of furan rings is 1. The molecule has 1 aromatic heterocycles. The van der Waals surface area contributed by atoms with E-state index in [1.54, 1.807) is 0 Å². The van der Waals surface area contributed by atoms with Crippen molar-refractivity contribution in [3.63, 3.8) is 0 Å². The van der Waals surface area contributed by atoms with Gasteiger partial charge in [0.05, 0.1) is 11.4 Å². The quantitative estimate of drug-likeness (QED) is 0.161. The van der Waals surface area contributed by atoms with Gasteiger partial charge in [0.15, 0.2) is 5.58 Å². The van der Waals surface area contributed by atoms with E-state index in [0.717, 1.165) is 50.1 Å². The Bertz CT molecular complexity index is 3160. The number of hydrogen-bond donors (Lipinski definition) is 0. The first-order valence-electron chi connectivity index (χ1n) is 20.4. The van der Waals surface area contributed by atoms with Crippen molar-refractivity contribution in [1.82, 2.24) is 0 Å². The normalized spacial score (nSPS) is 12.7. The van der Waals surface area contributed by atoms with Crippen molar-refractivity contribution in [2.75, 3.05) is 4.90 Å². The summed E-state index contributed by atoms with van der Waals surface area (Å²) in [5.41, 5.74) is 19.5. The maximum absolute atomic E-state index is 6.75. The molecule has 0 amide bonds. The van der Waals surface area contributed by atoms with E-state index in [1.165, 1.54) is 55.6 Å². The number of rotatable bonds is 7. The van der Waals surface area contributed by atoms with Crippen LogP contribution in [0.2, 0.25) is 0 Å². The summed E-state index contributed by atoms with van der Waals surface area (Å²) < 4.78 is 6.75. The SMILES string of the molecule is CC1(C)c2cc(-c3ccc(-c4ccccc4)cc3)ccc2-c2ccc(N(c3ccccc3-c3ccc(-c4ccccc4)cc3)c3cccc4c3oc3ccccc34)cc21. The van der Waals surface area contributed by atoms with E-state index in [9.17, 15) is 0 Å². The lowest BCUT2D eigenvalue weighted by atomic mass is 9.81. The van der Waals surface area contributed by atoms with Crippen LogP contribution in [0.25, 0.3) is 77.6 Å². The fourth-order valence-electron chi connectivity index (χ4n) is 9.23. The Morgan fingerprint density at radius 2 is 0.847 bits per heavy atom. The van der Waals surface area contributed by atoms with Gasteiger partial charge in [-0.1, -0.05) is 190 Å². The van der Waals surface area contributed by atoms with Gasteiger partial charge in [-0.25, -0.2) is 0 Å². The standard InChI is InChI=1S/C57H41NO/c1-57(2)51-36-44(42-26-24-40(25-27-42)38-14-5-3-6-15-38)32-34-47(51)48-35-33-45(37-52(48)57)58(54-22-13-20-50-49-19-10-12-23-55(49)59-56(50)54)53-21-11-9-18-46(53)43-30-28-41(29-31-43)39-16-7-4-8-17-39/h3-37H,1-2H3. The molecule has 0 unspecified atom stereocenters. The summed E-state index contributed by atoms with van der Waals surface area (Å²) in [4.78, 5) is 2.41. The second-order valence-corrected chi connectivity index (χ2v) is 16.1. The summed E-state index contributed by atoms with van der Waals surface area (Å²) in [5.74, 6) is 0. The molecular formula is C57H41NO. The summed E-state index contributed by atoms with van der Waals surface area (Å²) >= 11 is 0. The summed E-state index contributed by atoms with van der Waals surface area (Å²) in [5, 5.41) is 2.22. The molecule has 1 heterocycles. The molecule has 280 valence electrons. The van der Waals surface area contributed by atoms with E-state index in [2.05, 4.69) is 225 Å². The van der Waals surface area contributed by atoms with Crippen LogP contribution in [0.15, 0.2) is 217 Å². The van der Waals surface area contributed by atoms with Crippen LogP contribution < -0.4 is 4.90 Å². The molecular weight excluding hydrogens is 715 g/mol. The minimum atomic E-state index is -0.232. The van der Waals surface area contributed by atoms with Crippen molar-refractivity contribution >= 4 is 39.0 Å². The summed E-state index contributed by atoms with van der Waals surface area (Å²) in [6, 6.07) is 76.8. The highest BCUT2D eigenvalue weighted by molar-refractivity contribution is 6.11. The zero-order chi connectivity index (χ0) is 39.5. The zero-order valence-corrected chi connectivity index (χ0v) is 33.1. The molecule has 9 aromatic carbocycles. The topological polar surface area (TPSA) is 16.4 Å². The van der Waals surface area contributed by atoms with Crippen molar-refractivity contribution in [3.8, 4) is 55.6 Å². The van der Waals surface area contributed by atoms with E-state index >= 15 is 0 Å². The Balaban J connectivity index is 1.04. The zero-order valence-electron chi connectivity index (χ0n) is 33.1. The number of fused-ring (bicyclic) bond motifs is 6. The molecule has 0 aliphatic heterocycles. The van der Waals surface area contributed by atoms with E-state index in [0.29, 0.717) is 0 Å². The Morgan fingerprint density at radius 3 is 1.54 bits per heavy atom. The van der Waals surface area contributed by atoms with E-state index in [-0.39, 0.29) is 5.41 Å². The molecule has 11 rings (SSSR count). The number of anilines is 3. The third-order valence-corrected chi connectivity index (χ3v) is 12.3. The summed E-state index contributed by atoms with van der Waals surface area (Å²) in [7, 11) is 0. The van der Waals surface area contributed by atoms with E-state index in [1.807, 2.05) is 6.07 Å². The van der Waals surface area contributed by atoms with Crippen LogP contribution in [0.4, 0.5) is 17.1 Å². The van der Waals surface area contributed by atoms with Crippen LogP contribution in [0.3, 0.4) is 0 Å². The van der Waals surface area contributed by atoms with E-state index < -0.39 is 0 Å². The van der Waals surface area contributed by atoms with Gasteiger partial charge in [0.1, 0.15) is 5.58 Å². The molecule has 1 aliphatic rings. The van der Waals surface area contributed by atoms with Crippen LogP contribution in [0, 0.1) is 0 Å². The van der Waals surface area contributed by atoms with Gasteiger partial charge in [-0.3, -0.25) is 0 Å². The van der Waals surface area contributed by atoms with Gasteiger partial charge >= 0.3 is 0 Å². The third-order valence-electron chi connectivity index (χ3n) is 12.3. The molecule has 0 fully saturated rings. The molecule has 1 aliphatic carbocycles. The molecule has 0 spiro atoms. The van der Waals surface area contributed by atoms with Gasteiger partial charge in [0.25, 0.3) is 0 Å². The second-order valence-electron chi connectivity index (χ2n) is 16.1. The van der Waals surface area contributed by atoms with Crippen LogP contribution in [0.1, 0.15) is 25.0 Å². The Hall–Kier alpha value is -7.42. The lowest BCUT2D eigenvalue weighted by Gasteiger charge is -2.30. The highest BCUT2D eigenvalue weighted by atomic mass is 16.3. The van der Waals surface area contributed by atoms with Crippen molar-refractivity contribution in [2.24, 2.45) is 0 Å². The number of nitrogens with zero attached hydrogens (tertiary/aromatic N) is 1. The van der Waals surface area contributed by atoms with Crippen LogP contribution >= 0.6 is 0 Å². The Morgan fingerprint density at radius 1 is 0.356 bits per heavy atom. The van der Waals surface area contributed by atoms with Gasteiger partial charge in [0, 0.05) is 27.4 Å². The lowest BCUT2D eigenvalue weighted by molar-refractivity contribution is 0.660. The molecule has 0 N–H and O–H groups in total. The van der Waals surface area contributed by atoms with Gasteiger partial charge in [-0.15, -0.1) is 0 Å². The predicted molar refractivity (Wildman–Crippen MR) is 248 cm³/mol. The second kappa shape index (κ2) is 13.9. The molecule has 0 saturated heterocycles. The van der Waals surface area contributed by atoms with Gasteiger partial charge in [0.2, 0.25) is 0 Å². The number of benzene rings is 9. The fraction of sp³-hybridized carbons (Fsp3) is 0.0526. The fourth-order valence-corrected chi connectivity index (χ4v) is 9.23. The predicted octanol–water partition coefficient (Wildman–Crippen LogP) is 16.0. The lowest BCUT2D eigenvalue weighted by Crippen LogP contribution is -2.17. The van der Waals surface area contributed by atoms with Gasteiger partial charge < -0.3 is 9.32 Å². The number of para-hydroxylation sites is 3. The largest absolute Gasteiger partial charge is 0.454 e. The smallest absolute Gasteiger partial charge is 0.159 e. The van der Waals surface area contributed by atoms with Crippen molar-refractivity contribution in [3.05, 3.63) is 223 Å².